The molecule has 1 aliphatic rings. The first-order chi connectivity index (χ1) is 18.0. The first kappa shape index (κ1) is 24.1. The number of Topliss-reactive ketones (excluding diaryl/α,β-unsaturated/α-hetero) is 1. The van der Waals surface area contributed by atoms with Gasteiger partial charge in [-0.1, -0.05) is 72.8 Å². The molecule has 6 nitrogen and oxygen atoms in total. The molecule has 0 saturated carbocycles. The van der Waals surface area contributed by atoms with Crippen molar-refractivity contribution in [2.45, 2.75) is 19.9 Å². The van der Waals surface area contributed by atoms with E-state index in [0.29, 0.717) is 41.5 Å². The molecule has 1 N–H and O–H groups in total. The number of anilines is 1. The Morgan fingerprint density at radius 2 is 1.49 bits per heavy atom. The van der Waals surface area contributed by atoms with E-state index in [1.807, 2.05) is 80.6 Å². The zero-order valence-corrected chi connectivity index (χ0v) is 20.7. The number of aliphatic hydroxyl groups is 1. The van der Waals surface area contributed by atoms with E-state index in [0.717, 1.165) is 10.8 Å². The minimum atomic E-state index is -0.826. The maximum absolute atomic E-state index is 13.5. The lowest BCUT2D eigenvalue weighted by Gasteiger charge is -2.26. The van der Waals surface area contributed by atoms with Gasteiger partial charge in [0.25, 0.3) is 11.7 Å². The molecule has 1 amide bonds. The molecule has 4 aromatic carbocycles. The van der Waals surface area contributed by atoms with Crippen molar-refractivity contribution in [3.8, 4) is 11.5 Å². The van der Waals surface area contributed by atoms with Gasteiger partial charge >= 0.3 is 0 Å². The lowest BCUT2D eigenvalue weighted by atomic mass is 9.93. The van der Waals surface area contributed by atoms with Crippen LogP contribution in [0.1, 0.15) is 31.0 Å². The maximum atomic E-state index is 13.5. The third-order valence-corrected chi connectivity index (χ3v) is 6.41. The summed E-state index contributed by atoms with van der Waals surface area (Å²) in [4.78, 5) is 28.5. The van der Waals surface area contributed by atoms with Crippen molar-refractivity contribution in [2.24, 2.45) is 0 Å². The summed E-state index contributed by atoms with van der Waals surface area (Å²) in [5.41, 5.74) is 1.72. The SMILES string of the molecule is CCOc1ccc(N2C(=O)C(=O)/C(=C(\O)c3cccc4ccccc34)C2c2ccccc2)cc1OCC. The summed E-state index contributed by atoms with van der Waals surface area (Å²) in [5.74, 6) is -0.642. The fourth-order valence-corrected chi connectivity index (χ4v) is 4.82. The second kappa shape index (κ2) is 10.2. The van der Waals surface area contributed by atoms with E-state index in [1.165, 1.54) is 4.90 Å². The molecule has 6 heteroatoms. The summed E-state index contributed by atoms with van der Waals surface area (Å²) in [6, 6.07) is 26.7. The van der Waals surface area contributed by atoms with Gasteiger partial charge in [0.1, 0.15) is 5.76 Å². The first-order valence-electron chi connectivity index (χ1n) is 12.3. The van der Waals surface area contributed by atoms with Crippen molar-refractivity contribution >= 4 is 33.9 Å². The lowest BCUT2D eigenvalue weighted by molar-refractivity contribution is -0.132. The summed E-state index contributed by atoms with van der Waals surface area (Å²) in [7, 11) is 0. The van der Waals surface area contributed by atoms with E-state index >= 15 is 0 Å². The Labute approximate surface area is 215 Å². The van der Waals surface area contributed by atoms with Crippen molar-refractivity contribution < 1.29 is 24.2 Å². The van der Waals surface area contributed by atoms with Crippen LogP contribution >= 0.6 is 0 Å². The van der Waals surface area contributed by atoms with Gasteiger partial charge in [0.05, 0.1) is 24.8 Å². The number of ether oxygens (including phenoxy) is 2. The summed E-state index contributed by atoms with van der Waals surface area (Å²) in [6.07, 6.45) is 0. The van der Waals surface area contributed by atoms with Gasteiger partial charge in [0.2, 0.25) is 0 Å². The number of hydrogen-bond acceptors (Lipinski definition) is 5. The molecule has 0 bridgehead atoms. The van der Waals surface area contributed by atoms with Crippen molar-refractivity contribution in [3.63, 3.8) is 0 Å². The Hall–Kier alpha value is -4.58. The van der Waals surface area contributed by atoms with Gasteiger partial charge in [-0.05, 0) is 42.3 Å². The fraction of sp³-hybridized carbons (Fsp3) is 0.161. The smallest absolute Gasteiger partial charge is 0.300 e. The molecule has 37 heavy (non-hydrogen) atoms. The van der Waals surface area contributed by atoms with E-state index in [2.05, 4.69) is 0 Å². The Morgan fingerprint density at radius 1 is 0.811 bits per heavy atom. The number of hydrogen-bond donors (Lipinski definition) is 1. The molecule has 5 rings (SSSR count). The number of amides is 1. The largest absolute Gasteiger partial charge is 0.507 e. The Morgan fingerprint density at radius 3 is 2.24 bits per heavy atom. The number of rotatable bonds is 7. The zero-order valence-electron chi connectivity index (χ0n) is 20.7. The van der Waals surface area contributed by atoms with Crippen LogP contribution < -0.4 is 14.4 Å². The molecule has 1 aliphatic heterocycles. The number of fused-ring (bicyclic) bond motifs is 1. The average Bonchev–Trinajstić information content (AvgIpc) is 3.20. The van der Waals surface area contributed by atoms with E-state index in [4.69, 9.17) is 9.47 Å². The third-order valence-electron chi connectivity index (χ3n) is 6.41. The Balaban J connectivity index is 1.72. The summed E-state index contributed by atoms with van der Waals surface area (Å²) < 4.78 is 11.5. The second-order valence-electron chi connectivity index (χ2n) is 8.60. The number of carbonyl (C=O) groups excluding carboxylic acids is 2. The summed E-state index contributed by atoms with van der Waals surface area (Å²) >= 11 is 0. The van der Waals surface area contributed by atoms with E-state index < -0.39 is 17.7 Å². The molecule has 1 fully saturated rings. The van der Waals surface area contributed by atoms with Crippen molar-refractivity contribution in [3.05, 3.63) is 108 Å². The minimum Gasteiger partial charge on any atom is -0.507 e. The van der Waals surface area contributed by atoms with Gasteiger partial charge in [-0.15, -0.1) is 0 Å². The van der Waals surface area contributed by atoms with Gasteiger partial charge in [0, 0.05) is 17.3 Å². The van der Waals surface area contributed by atoms with Crippen molar-refractivity contribution in [1.82, 2.24) is 0 Å². The van der Waals surface area contributed by atoms with E-state index in [9.17, 15) is 14.7 Å². The Bertz CT molecular complexity index is 1500. The van der Waals surface area contributed by atoms with Gasteiger partial charge in [-0.2, -0.15) is 0 Å². The number of carbonyl (C=O) groups is 2. The van der Waals surface area contributed by atoms with Gasteiger partial charge in [-0.25, -0.2) is 0 Å². The van der Waals surface area contributed by atoms with Crippen LogP contribution in [0.2, 0.25) is 0 Å². The summed E-state index contributed by atoms with van der Waals surface area (Å²) in [6.45, 7) is 4.61. The fourth-order valence-electron chi connectivity index (χ4n) is 4.82. The number of benzene rings is 4. The van der Waals surface area contributed by atoms with Gasteiger partial charge < -0.3 is 14.6 Å². The molecule has 0 aromatic heterocycles. The number of ketones is 1. The zero-order chi connectivity index (χ0) is 25.9. The minimum absolute atomic E-state index is 0.0411. The average molecular weight is 494 g/mol. The van der Waals surface area contributed by atoms with Crippen molar-refractivity contribution in [2.75, 3.05) is 18.1 Å². The monoisotopic (exact) mass is 493 g/mol. The molecular weight excluding hydrogens is 466 g/mol. The molecule has 1 atom stereocenters. The lowest BCUT2D eigenvalue weighted by Crippen LogP contribution is -2.29. The second-order valence-corrected chi connectivity index (χ2v) is 8.60. The first-order valence-corrected chi connectivity index (χ1v) is 12.3. The van der Waals surface area contributed by atoms with Gasteiger partial charge in [-0.3, -0.25) is 14.5 Å². The predicted octanol–water partition coefficient (Wildman–Crippen LogP) is 6.26. The quantitative estimate of drug-likeness (QED) is 0.187. The molecule has 0 spiro atoms. The molecule has 1 saturated heterocycles. The standard InChI is InChI=1S/C31H27NO5/c1-3-36-25-18-17-22(19-26(25)37-4-2)32-28(21-12-6-5-7-13-21)27(30(34)31(32)35)29(33)24-16-10-14-20-11-8-9-15-23(20)24/h5-19,28,33H,3-4H2,1-2H3/b29-27-. The molecule has 0 aliphatic carbocycles. The molecule has 1 unspecified atom stereocenters. The molecule has 1 heterocycles. The van der Waals surface area contributed by atoms with Crippen LogP contribution in [0.4, 0.5) is 5.69 Å². The highest BCUT2D eigenvalue weighted by atomic mass is 16.5. The highest BCUT2D eigenvalue weighted by Gasteiger charge is 2.47. The third kappa shape index (κ3) is 4.31. The molecular formula is C31H27NO5. The molecule has 4 aromatic rings. The van der Waals surface area contributed by atoms with Crippen LogP contribution in [0.5, 0.6) is 11.5 Å². The van der Waals surface area contributed by atoms with Crippen LogP contribution in [-0.2, 0) is 9.59 Å². The number of aliphatic hydroxyl groups excluding tert-OH is 1. The van der Waals surface area contributed by atoms with E-state index in [1.54, 1.807) is 24.3 Å². The van der Waals surface area contributed by atoms with Crippen LogP contribution in [0.15, 0.2) is 96.6 Å². The Kier molecular flexibility index (Phi) is 6.64. The normalized spacial score (nSPS) is 16.8. The van der Waals surface area contributed by atoms with E-state index in [-0.39, 0.29) is 11.3 Å². The topological polar surface area (TPSA) is 76.1 Å². The van der Waals surface area contributed by atoms with Crippen LogP contribution in [-0.4, -0.2) is 30.0 Å². The van der Waals surface area contributed by atoms with Crippen LogP contribution in [0.25, 0.3) is 16.5 Å². The highest BCUT2D eigenvalue weighted by Crippen LogP contribution is 2.44. The van der Waals surface area contributed by atoms with Crippen LogP contribution in [0.3, 0.4) is 0 Å². The number of nitrogens with zero attached hydrogens (tertiary/aromatic N) is 1. The summed E-state index contributed by atoms with van der Waals surface area (Å²) in [5, 5.41) is 13.3. The van der Waals surface area contributed by atoms with Gasteiger partial charge in [0.15, 0.2) is 11.5 Å². The van der Waals surface area contributed by atoms with Crippen molar-refractivity contribution in [1.29, 1.82) is 0 Å². The highest BCUT2D eigenvalue weighted by molar-refractivity contribution is 6.51. The van der Waals surface area contributed by atoms with Crippen LogP contribution in [0, 0.1) is 0 Å². The predicted molar refractivity (Wildman–Crippen MR) is 144 cm³/mol. The molecule has 0 radical (unpaired) electrons. The maximum Gasteiger partial charge on any atom is 0.300 e. The molecule has 186 valence electrons.